The molecule has 0 saturated heterocycles. The topological polar surface area (TPSA) is 104 Å². The molecule has 2 aromatic heterocycles. The average Bonchev–Trinajstić information content (AvgIpc) is 3.00. The molecule has 2 heterocycles. The van der Waals surface area contributed by atoms with Crippen molar-refractivity contribution in [3.05, 3.63) is 44.8 Å². The number of aryl methyl sites for hydroxylation is 1. The SMILES string of the molecule is CN(c1ccc(Cl)c(Cl)c1)c1nc2cnn(CCCC(=O)O)c2c(=O)[nH]1. The van der Waals surface area contributed by atoms with Gasteiger partial charge in [0.25, 0.3) is 5.56 Å². The molecule has 26 heavy (non-hydrogen) atoms. The molecule has 0 saturated carbocycles. The maximum atomic E-state index is 12.5. The van der Waals surface area contributed by atoms with Crippen molar-refractivity contribution in [1.82, 2.24) is 19.7 Å². The summed E-state index contributed by atoms with van der Waals surface area (Å²) in [4.78, 5) is 31.9. The van der Waals surface area contributed by atoms with Gasteiger partial charge in [-0.25, -0.2) is 4.98 Å². The average molecular weight is 396 g/mol. The smallest absolute Gasteiger partial charge is 0.303 e. The molecule has 10 heteroatoms. The summed E-state index contributed by atoms with van der Waals surface area (Å²) in [6.45, 7) is 0.322. The van der Waals surface area contributed by atoms with E-state index in [9.17, 15) is 9.59 Å². The fraction of sp³-hybridized carbons (Fsp3) is 0.250. The van der Waals surface area contributed by atoms with Crippen molar-refractivity contribution in [1.29, 1.82) is 0 Å². The molecule has 0 fully saturated rings. The number of rotatable bonds is 6. The van der Waals surface area contributed by atoms with Crippen LogP contribution in [-0.4, -0.2) is 37.9 Å². The molecule has 3 rings (SSSR count). The number of benzene rings is 1. The maximum Gasteiger partial charge on any atom is 0.303 e. The van der Waals surface area contributed by atoms with Crippen LogP contribution < -0.4 is 10.5 Å². The van der Waals surface area contributed by atoms with E-state index in [2.05, 4.69) is 15.1 Å². The zero-order valence-corrected chi connectivity index (χ0v) is 15.3. The van der Waals surface area contributed by atoms with E-state index >= 15 is 0 Å². The van der Waals surface area contributed by atoms with Gasteiger partial charge >= 0.3 is 5.97 Å². The molecule has 0 aliphatic heterocycles. The van der Waals surface area contributed by atoms with Gasteiger partial charge in [-0.1, -0.05) is 23.2 Å². The molecule has 0 amide bonds. The molecule has 3 aromatic rings. The van der Waals surface area contributed by atoms with E-state index < -0.39 is 5.97 Å². The third-order valence-corrected chi connectivity index (χ3v) is 4.59. The van der Waals surface area contributed by atoms with Gasteiger partial charge in [0.2, 0.25) is 5.95 Å². The van der Waals surface area contributed by atoms with E-state index in [1.54, 1.807) is 30.1 Å². The maximum absolute atomic E-state index is 12.5. The lowest BCUT2D eigenvalue weighted by Crippen LogP contribution is -2.20. The zero-order chi connectivity index (χ0) is 18.8. The highest BCUT2D eigenvalue weighted by Crippen LogP contribution is 2.29. The Hall–Kier alpha value is -2.58. The minimum atomic E-state index is -0.890. The number of aromatic amines is 1. The molecule has 0 atom stereocenters. The van der Waals surface area contributed by atoms with Crippen LogP contribution in [0, 0.1) is 0 Å². The second kappa shape index (κ2) is 7.35. The summed E-state index contributed by atoms with van der Waals surface area (Å²) in [5, 5.41) is 13.7. The summed E-state index contributed by atoms with van der Waals surface area (Å²) >= 11 is 12.0. The van der Waals surface area contributed by atoms with Crippen LogP contribution in [0.25, 0.3) is 11.0 Å². The van der Waals surface area contributed by atoms with E-state index in [1.807, 2.05) is 0 Å². The monoisotopic (exact) mass is 395 g/mol. The Bertz CT molecular complexity index is 1030. The van der Waals surface area contributed by atoms with Crippen LogP contribution >= 0.6 is 23.2 Å². The third-order valence-electron chi connectivity index (χ3n) is 3.86. The van der Waals surface area contributed by atoms with Crippen molar-refractivity contribution < 1.29 is 9.90 Å². The fourth-order valence-corrected chi connectivity index (χ4v) is 2.81. The lowest BCUT2D eigenvalue weighted by Gasteiger charge is -2.18. The minimum Gasteiger partial charge on any atom is -0.481 e. The number of carboxylic acid groups (broad SMARTS) is 1. The number of H-pyrrole nitrogens is 1. The summed E-state index contributed by atoms with van der Waals surface area (Å²) < 4.78 is 1.47. The Morgan fingerprint density at radius 3 is 2.81 bits per heavy atom. The Labute approximate surface area is 158 Å². The van der Waals surface area contributed by atoms with Gasteiger partial charge in [-0.3, -0.25) is 19.3 Å². The van der Waals surface area contributed by atoms with Crippen molar-refractivity contribution in [2.75, 3.05) is 11.9 Å². The molecule has 0 radical (unpaired) electrons. The summed E-state index contributed by atoms with van der Waals surface area (Å²) in [5.74, 6) is -0.565. The van der Waals surface area contributed by atoms with Gasteiger partial charge < -0.3 is 10.0 Å². The van der Waals surface area contributed by atoms with Gasteiger partial charge in [-0.15, -0.1) is 0 Å². The first-order valence-electron chi connectivity index (χ1n) is 7.73. The third kappa shape index (κ3) is 3.66. The molecule has 0 bridgehead atoms. The quantitative estimate of drug-likeness (QED) is 0.664. The van der Waals surface area contributed by atoms with Crippen molar-refractivity contribution in [2.45, 2.75) is 19.4 Å². The van der Waals surface area contributed by atoms with Crippen LogP contribution in [0.5, 0.6) is 0 Å². The second-order valence-corrected chi connectivity index (χ2v) is 6.46. The Balaban J connectivity index is 1.92. The highest BCUT2D eigenvalue weighted by atomic mass is 35.5. The highest BCUT2D eigenvalue weighted by molar-refractivity contribution is 6.42. The largest absolute Gasteiger partial charge is 0.481 e. The number of carboxylic acids is 1. The molecule has 8 nitrogen and oxygen atoms in total. The predicted octanol–water partition coefficient (Wildman–Crippen LogP) is 3.06. The van der Waals surface area contributed by atoms with Crippen LogP contribution in [0.15, 0.2) is 29.2 Å². The molecular weight excluding hydrogens is 381 g/mol. The zero-order valence-electron chi connectivity index (χ0n) is 13.7. The second-order valence-electron chi connectivity index (χ2n) is 5.65. The number of carbonyl (C=O) groups is 1. The number of halogens is 2. The Morgan fingerprint density at radius 1 is 1.35 bits per heavy atom. The lowest BCUT2D eigenvalue weighted by atomic mass is 10.3. The van der Waals surface area contributed by atoms with E-state index in [-0.39, 0.29) is 12.0 Å². The number of nitrogens with zero attached hydrogens (tertiary/aromatic N) is 4. The lowest BCUT2D eigenvalue weighted by molar-refractivity contribution is -0.137. The Morgan fingerprint density at radius 2 is 2.12 bits per heavy atom. The summed E-state index contributed by atoms with van der Waals surface area (Å²) in [7, 11) is 1.74. The van der Waals surface area contributed by atoms with E-state index in [0.717, 1.165) is 0 Å². The van der Waals surface area contributed by atoms with Gasteiger partial charge in [0, 0.05) is 25.7 Å². The number of nitrogens with one attached hydrogen (secondary N) is 1. The minimum absolute atomic E-state index is 0.00480. The normalized spacial score (nSPS) is 11.0. The summed E-state index contributed by atoms with van der Waals surface area (Å²) in [6.07, 6.45) is 1.86. The first kappa shape index (κ1) is 18.2. The van der Waals surface area contributed by atoms with Crippen LogP contribution in [0.3, 0.4) is 0 Å². The summed E-state index contributed by atoms with van der Waals surface area (Å²) in [5.41, 5.74) is 1.08. The predicted molar refractivity (Wildman–Crippen MR) is 99.5 cm³/mol. The number of aromatic nitrogens is 4. The Kier molecular flexibility index (Phi) is 5.15. The molecule has 2 N–H and O–H groups in total. The molecule has 136 valence electrons. The number of aliphatic carboxylic acids is 1. The van der Waals surface area contributed by atoms with Crippen LogP contribution in [0.4, 0.5) is 11.6 Å². The van der Waals surface area contributed by atoms with Crippen LogP contribution in [0.1, 0.15) is 12.8 Å². The van der Waals surface area contributed by atoms with Crippen LogP contribution in [0.2, 0.25) is 10.0 Å². The molecular formula is C16H15Cl2N5O3. The van der Waals surface area contributed by atoms with E-state index in [4.69, 9.17) is 28.3 Å². The number of anilines is 2. The van der Waals surface area contributed by atoms with Gasteiger partial charge in [0.05, 0.1) is 16.2 Å². The number of hydrogen-bond donors (Lipinski definition) is 2. The molecule has 0 aliphatic carbocycles. The number of fused-ring (bicyclic) bond motifs is 1. The first-order valence-corrected chi connectivity index (χ1v) is 8.49. The fourth-order valence-electron chi connectivity index (χ4n) is 2.52. The molecule has 0 unspecified atom stereocenters. The van der Waals surface area contributed by atoms with Crippen molar-refractivity contribution in [3.63, 3.8) is 0 Å². The van der Waals surface area contributed by atoms with E-state index in [1.165, 1.54) is 10.9 Å². The van der Waals surface area contributed by atoms with Gasteiger partial charge in [0.15, 0.2) is 5.52 Å². The standard InChI is InChI=1S/C16H15Cl2N5O3/c1-22(9-4-5-10(17)11(18)7-9)16-20-12-8-19-23(6-2-3-13(24)25)14(12)15(26)21-16/h4-5,7-8H,2-3,6H2,1H3,(H,24,25)(H,20,21,26). The number of hydrogen-bond acceptors (Lipinski definition) is 5. The molecule has 0 spiro atoms. The molecule has 0 aliphatic rings. The summed E-state index contributed by atoms with van der Waals surface area (Å²) in [6, 6.07) is 5.09. The first-order chi connectivity index (χ1) is 12.4. The molecule has 1 aromatic carbocycles. The van der Waals surface area contributed by atoms with Gasteiger partial charge in [0.1, 0.15) is 5.52 Å². The van der Waals surface area contributed by atoms with Crippen molar-refractivity contribution in [3.8, 4) is 0 Å². The van der Waals surface area contributed by atoms with Gasteiger partial charge in [-0.05, 0) is 24.6 Å². The highest BCUT2D eigenvalue weighted by Gasteiger charge is 2.14. The van der Waals surface area contributed by atoms with Crippen molar-refractivity contribution >= 4 is 51.8 Å². The van der Waals surface area contributed by atoms with E-state index in [0.29, 0.717) is 45.7 Å². The van der Waals surface area contributed by atoms with Crippen molar-refractivity contribution in [2.24, 2.45) is 0 Å². The van der Waals surface area contributed by atoms with Crippen LogP contribution in [-0.2, 0) is 11.3 Å². The van der Waals surface area contributed by atoms with Gasteiger partial charge in [-0.2, -0.15) is 5.10 Å².